The number of benzene rings is 4. The van der Waals surface area contributed by atoms with E-state index < -0.39 is 11.7 Å². The Hall–Kier alpha value is -4.36. The van der Waals surface area contributed by atoms with Crippen molar-refractivity contribution in [2.75, 3.05) is 11.9 Å². The number of aromatic amines is 1. The SMILES string of the molecule is O=C(Nc1ccc2c(c1)CCN(Cc1c[nH]c3ccccc13)C2)c1ccccc1-c1ccc(C(F)(F)F)cc1. The summed E-state index contributed by atoms with van der Waals surface area (Å²) in [4.78, 5) is 19.0. The number of fused-ring (bicyclic) bond motifs is 2. The molecule has 0 saturated carbocycles. The van der Waals surface area contributed by atoms with E-state index in [1.165, 1.54) is 34.2 Å². The van der Waals surface area contributed by atoms with Crippen molar-refractivity contribution in [1.82, 2.24) is 9.88 Å². The van der Waals surface area contributed by atoms with Crippen LogP contribution in [0, 0.1) is 0 Å². The highest BCUT2D eigenvalue weighted by Crippen LogP contribution is 2.32. The Morgan fingerprint density at radius 3 is 2.49 bits per heavy atom. The van der Waals surface area contributed by atoms with Gasteiger partial charge < -0.3 is 10.3 Å². The van der Waals surface area contributed by atoms with E-state index >= 15 is 0 Å². The first-order valence-electron chi connectivity index (χ1n) is 12.8. The van der Waals surface area contributed by atoms with Crippen LogP contribution in [0.15, 0.2) is 97.2 Å². The maximum atomic E-state index is 13.2. The normalized spacial score (nSPS) is 13.8. The number of nitrogens with zero attached hydrogens (tertiary/aromatic N) is 1. The van der Waals surface area contributed by atoms with E-state index in [4.69, 9.17) is 0 Å². The van der Waals surface area contributed by atoms with Gasteiger partial charge in [0.25, 0.3) is 5.91 Å². The molecule has 1 aliphatic heterocycles. The minimum atomic E-state index is -4.41. The Morgan fingerprint density at radius 1 is 0.897 bits per heavy atom. The molecule has 0 saturated heterocycles. The van der Waals surface area contributed by atoms with Crippen LogP contribution in [0.2, 0.25) is 0 Å². The first kappa shape index (κ1) is 24.9. The lowest BCUT2D eigenvalue weighted by Gasteiger charge is -2.29. The van der Waals surface area contributed by atoms with E-state index in [1.807, 2.05) is 18.2 Å². The fourth-order valence-corrected chi connectivity index (χ4v) is 5.30. The molecule has 1 aliphatic rings. The lowest BCUT2D eigenvalue weighted by molar-refractivity contribution is -0.137. The zero-order valence-electron chi connectivity index (χ0n) is 21.1. The van der Waals surface area contributed by atoms with E-state index in [1.54, 1.807) is 24.3 Å². The average molecular weight is 526 g/mol. The molecule has 0 radical (unpaired) electrons. The van der Waals surface area contributed by atoms with Crippen LogP contribution in [0.1, 0.15) is 32.6 Å². The zero-order chi connectivity index (χ0) is 27.0. The Labute approximate surface area is 224 Å². The lowest BCUT2D eigenvalue weighted by Crippen LogP contribution is -2.30. The molecule has 39 heavy (non-hydrogen) atoms. The standard InChI is InChI=1S/C32H26F3N3O/c33-32(34,35)25-12-9-21(10-13-25)27-5-1-2-7-29(27)31(39)37-26-14-11-23-19-38(16-15-22(23)17-26)20-24-18-36-30-8-4-3-6-28(24)30/h1-14,17-18,36H,15-16,19-20H2,(H,37,39). The van der Waals surface area contributed by atoms with Crippen LogP contribution >= 0.6 is 0 Å². The van der Waals surface area contributed by atoms with Crippen molar-refractivity contribution in [2.45, 2.75) is 25.7 Å². The molecule has 0 fully saturated rings. The van der Waals surface area contributed by atoms with Crippen molar-refractivity contribution >= 4 is 22.5 Å². The predicted molar refractivity (Wildman–Crippen MR) is 147 cm³/mol. The highest BCUT2D eigenvalue weighted by Gasteiger charge is 2.30. The van der Waals surface area contributed by atoms with Gasteiger partial charge in [0.05, 0.1) is 5.56 Å². The smallest absolute Gasteiger partial charge is 0.361 e. The van der Waals surface area contributed by atoms with Gasteiger partial charge in [-0.2, -0.15) is 13.2 Å². The molecule has 196 valence electrons. The van der Waals surface area contributed by atoms with Crippen LogP contribution in [0.4, 0.5) is 18.9 Å². The number of anilines is 1. The summed E-state index contributed by atoms with van der Waals surface area (Å²) in [7, 11) is 0. The molecule has 2 heterocycles. The summed E-state index contributed by atoms with van der Waals surface area (Å²) in [6.07, 6.45) is -1.44. The monoisotopic (exact) mass is 525 g/mol. The molecule has 4 nitrogen and oxygen atoms in total. The van der Waals surface area contributed by atoms with Gasteiger partial charge in [-0.05, 0) is 70.6 Å². The van der Waals surface area contributed by atoms with Crippen molar-refractivity contribution < 1.29 is 18.0 Å². The maximum absolute atomic E-state index is 13.2. The van der Waals surface area contributed by atoms with E-state index in [0.29, 0.717) is 22.4 Å². The molecule has 7 heteroatoms. The second kappa shape index (κ2) is 10.1. The zero-order valence-corrected chi connectivity index (χ0v) is 21.1. The molecular weight excluding hydrogens is 499 g/mol. The summed E-state index contributed by atoms with van der Waals surface area (Å²) in [5.74, 6) is -0.304. The lowest BCUT2D eigenvalue weighted by atomic mass is 9.97. The Balaban J connectivity index is 1.16. The minimum absolute atomic E-state index is 0.304. The molecule has 1 aromatic heterocycles. The van der Waals surface area contributed by atoms with Crippen molar-refractivity contribution in [3.63, 3.8) is 0 Å². The number of amides is 1. The van der Waals surface area contributed by atoms with E-state index in [9.17, 15) is 18.0 Å². The third kappa shape index (κ3) is 5.18. The van der Waals surface area contributed by atoms with Crippen LogP contribution in [0.3, 0.4) is 0 Å². The number of hydrogen-bond acceptors (Lipinski definition) is 2. The summed E-state index contributed by atoms with van der Waals surface area (Å²) in [5.41, 5.74) is 6.38. The molecule has 0 unspecified atom stereocenters. The number of para-hydroxylation sites is 1. The van der Waals surface area contributed by atoms with Crippen LogP contribution in [-0.4, -0.2) is 22.3 Å². The largest absolute Gasteiger partial charge is 0.416 e. The van der Waals surface area contributed by atoms with Gasteiger partial charge in [-0.15, -0.1) is 0 Å². The number of halogens is 3. The Kier molecular flexibility index (Phi) is 6.45. The number of carbonyl (C=O) groups excluding carboxylic acids is 1. The number of aromatic nitrogens is 1. The molecule has 4 aromatic carbocycles. The quantitative estimate of drug-likeness (QED) is 0.247. The van der Waals surface area contributed by atoms with Gasteiger partial charge in [0.1, 0.15) is 0 Å². The van der Waals surface area contributed by atoms with Crippen molar-refractivity contribution in [3.05, 3.63) is 125 Å². The second-order valence-electron chi connectivity index (χ2n) is 9.88. The summed E-state index contributed by atoms with van der Waals surface area (Å²) in [6, 6.07) is 26.1. The predicted octanol–water partition coefficient (Wildman–Crippen LogP) is 7.66. The number of H-pyrrole nitrogens is 1. The summed E-state index contributed by atoms with van der Waals surface area (Å²) < 4.78 is 39.0. The third-order valence-corrected chi connectivity index (χ3v) is 7.32. The first-order valence-corrected chi connectivity index (χ1v) is 12.8. The summed E-state index contributed by atoms with van der Waals surface area (Å²) >= 11 is 0. The minimum Gasteiger partial charge on any atom is -0.361 e. The van der Waals surface area contributed by atoms with Crippen LogP contribution < -0.4 is 5.32 Å². The third-order valence-electron chi connectivity index (χ3n) is 7.32. The van der Waals surface area contributed by atoms with E-state index in [0.717, 1.165) is 43.7 Å². The topological polar surface area (TPSA) is 48.1 Å². The van der Waals surface area contributed by atoms with E-state index in [-0.39, 0.29) is 5.91 Å². The average Bonchev–Trinajstić information content (AvgIpc) is 3.35. The molecule has 0 bridgehead atoms. The maximum Gasteiger partial charge on any atom is 0.416 e. The van der Waals surface area contributed by atoms with Crippen LogP contribution in [-0.2, 0) is 25.7 Å². The van der Waals surface area contributed by atoms with Crippen LogP contribution in [0.5, 0.6) is 0 Å². The molecule has 0 atom stereocenters. The van der Waals surface area contributed by atoms with Crippen LogP contribution in [0.25, 0.3) is 22.0 Å². The highest BCUT2D eigenvalue weighted by atomic mass is 19.4. The number of carbonyl (C=O) groups is 1. The molecule has 5 aromatic rings. The molecular formula is C32H26F3N3O. The number of rotatable bonds is 5. The van der Waals surface area contributed by atoms with Gasteiger partial charge in [-0.1, -0.05) is 54.6 Å². The van der Waals surface area contributed by atoms with Gasteiger partial charge >= 0.3 is 6.18 Å². The number of alkyl halides is 3. The number of hydrogen-bond donors (Lipinski definition) is 2. The second-order valence-corrected chi connectivity index (χ2v) is 9.88. The summed E-state index contributed by atoms with van der Waals surface area (Å²) in [5, 5.41) is 4.23. The molecule has 0 spiro atoms. The van der Waals surface area contributed by atoms with Gasteiger partial charge in [0.2, 0.25) is 0 Å². The fourth-order valence-electron chi connectivity index (χ4n) is 5.30. The van der Waals surface area contributed by atoms with Gasteiger partial charge in [0, 0.05) is 48.0 Å². The Bertz CT molecular complexity index is 1650. The van der Waals surface area contributed by atoms with E-state index in [2.05, 4.69) is 45.7 Å². The van der Waals surface area contributed by atoms with Gasteiger partial charge in [-0.25, -0.2) is 0 Å². The molecule has 2 N–H and O–H groups in total. The highest BCUT2D eigenvalue weighted by molar-refractivity contribution is 6.08. The number of nitrogens with one attached hydrogen (secondary N) is 2. The Morgan fingerprint density at radius 2 is 1.67 bits per heavy atom. The van der Waals surface area contributed by atoms with Gasteiger partial charge in [0.15, 0.2) is 0 Å². The first-order chi connectivity index (χ1) is 18.8. The fraction of sp³-hybridized carbons (Fsp3) is 0.156. The molecule has 1 amide bonds. The van der Waals surface area contributed by atoms with Crippen molar-refractivity contribution in [2.24, 2.45) is 0 Å². The molecule has 6 rings (SSSR count). The van der Waals surface area contributed by atoms with Crippen molar-refractivity contribution in [1.29, 1.82) is 0 Å². The summed E-state index contributed by atoms with van der Waals surface area (Å²) in [6.45, 7) is 2.61. The van der Waals surface area contributed by atoms with Gasteiger partial charge in [-0.3, -0.25) is 9.69 Å². The van der Waals surface area contributed by atoms with Crippen molar-refractivity contribution in [3.8, 4) is 11.1 Å². The molecule has 0 aliphatic carbocycles.